The summed E-state index contributed by atoms with van der Waals surface area (Å²) >= 11 is 0. The summed E-state index contributed by atoms with van der Waals surface area (Å²) in [5.74, 6) is 0. The van der Waals surface area contributed by atoms with E-state index >= 15 is 0 Å². The average Bonchev–Trinajstić information content (AvgIpc) is 2.71. The van der Waals surface area contributed by atoms with Crippen LogP contribution in [0.1, 0.15) is 19.8 Å². The van der Waals surface area contributed by atoms with Crippen molar-refractivity contribution < 1.29 is 8.42 Å². The Labute approximate surface area is 104 Å². The Morgan fingerprint density at radius 2 is 1.75 bits per heavy atom. The van der Waals surface area contributed by atoms with Crippen LogP contribution in [-0.2, 0) is 10.2 Å². The SMILES string of the molecule is C[C@H]1CN(S(=O)(=O)N2CCCC2)CCN1.Cl. The zero-order chi connectivity index (χ0) is 10.9. The monoisotopic (exact) mass is 269 g/mol. The number of nitrogens with one attached hydrogen (secondary N) is 1. The van der Waals surface area contributed by atoms with Crippen LogP contribution in [0.5, 0.6) is 0 Å². The van der Waals surface area contributed by atoms with Gasteiger partial charge in [0.25, 0.3) is 10.2 Å². The summed E-state index contributed by atoms with van der Waals surface area (Å²) in [5, 5.41) is 3.25. The molecule has 0 aromatic carbocycles. The van der Waals surface area contributed by atoms with Crippen LogP contribution in [0.4, 0.5) is 0 Å². The molecule has 0 saturated carbocycles. The predicted octanol–water partition coefficient (Wildman–Crippen LogP) is 0.0425. The normalized spacial score (nSPS) is 28.9. The molecule has 16 heavy (non-hydrogen) atoms. The third-order valence-corrected chi connectivity index (χ3v) is 5.05. The van der Waals surface area contributed by atoms with Crippen LogP contribution in [-0.4, -0.2) is 55.8 Å². The van der Waals surface area contributed by atoms with Crippen molar-refractivity contribution in [1.29, 1.82) is 0 Å². The van der Waals surface area contributed by atoms with Gasteiger partial charge in [0.2, 0.25) is 0 Å². The lowest BCUT2D eigenvalue weighted by Gasteiger charge is -2.33. The number of rotatable bonds is 2. The maximum Gasteiger partial charge on any atom is 0.282 e. The van der Waals surface area contributed by atoms with E-state index in [4.69, 9.17) is 0 Å². The fraction of sp³-hybridized carbons (Fsp3) is 1.00. The molecule has 2 heterocycles. The summed E-state index contributed by atoms with van der Waals surface area (Å²) < 4.78 is 27.5. The molecule has 0 aromatic heterocycles. The van der Waals surface area contributed by atoms with Gasteiger partial charge >= 0.3 is 0 Å². The molecule has 0 radical (unpaired) electrons. The Balaban J connectivity index is 0.00000128. The van der Waals surface area contributed by atoms with Crippen LogP contribution in [0.25, 0.3) is 0 Å². The fourth-order valence-electron chi connectivity index (χ4n) is 2.19. The highest BCUT2D eigenvalue weighted by molar-refractivity contribution is 7.86. The van der Waals surface area contributed by atoms with Crippen LogP contribution in [0.2, 0.25) is 0 Å². The lowest BCUT2D eigenvalue weighted by atomic mass is 10.3. The van der Waals surface area contributed by atoms with Crippen molar-refractivity contribution in [2.24, 2.45) is 0 Å². The van der Waals surface area contributed by atoms with Gasteiger partial charge in [-0.05, 0) is 19.8 Å². The van der Waals surface area contributed by atoms with Gasteiger partial charge in [-0.3, -0.25) is 0 Å². The summed E-state index contributed by atoms with van der Waals surface area (Å²) in [6, 6.07) is 0.260. The van der Waals surface area contributed by atoms with E-state index in [2.05, 4.69) is 5.32 Å². The molecule has 96 valence electrons. The van der Waals surface area contributed by atoms with Gasteiger partial charge in [0, 0.05) is 38.8 Å². The zero-order valence-corrected chi connectivity index (χ0v) is 11.2. The largest absolute Gasteiger partial charge is 0.312 e. The third kappa shape index (κ3) is 2.87. The minimum absolute atomic E-state index is 0. The molecule has 2 saturated heterocycles. The molecule has 0 spiro atoms. The van der Waals surface area contributed by atoms with Gasteiger partial charge in [0.05, 0.1) is 0 Å². The summed E-state index contributed by atoms with van der Waals surface area (Å²) in [4.78, 5) is 0. The average molecular weight is 270 g/mol. The van der Waals surface area contributed by atoms with E-state index in [-0.39, 0.29) is 18.4 Å². The summed E-state index contributed by atoms with van der Waals surface area (Å²) in [6.07, 6.45) is 2.00. The molecule has 0 bridgehead atoms. The minimum atomic E-state index is -3.17. The lowest BCUT2D eigenvalue weighted by molar-refractivity contribution is 0.288. The molecule has 0 aliphatic carbocycles. The summed E-state index contributed by atoms with van der Waals surface area (Å²) in [7, 11) is -3.17. The second-order valence-corrected chi connectivity index (χ2v) is 6.26. The molecule has 0 unspecified atom stereocenters. The van der Waals surface area contributed by atoms with E-state index in [1.807, 2.05) is 6.92 Å². The van der Waals surface area contributed by atoms with E-state index in [9.17, 15) is 8.42 Å². The predicted molar refractivity (Wildman–Crippen MR) is 66.0 cm³/mol. The first-order valence-corrected chi connectivity index (χ1v) is 6.99. The molecule has 0 aromatic rings. The van der Waals surface area contributed by atoms with Crippen LogP contribution in [0, 0.1) is 0 Å². The van der Waals surface area contributed by atoms with Gasteiger partial charge in [-0.25, -0.2) is 0 Å². The Kier molecular flexibility index (Phi) is 5.00. The minimum Gasteiger partial charge on any atom is -0.312 e. The molecule has 2 aliphatic rings. The van der Waals surface area contributed by atoms with E-state index in [0.717, 1.165) is 19.4 Å². The van der Waals surface area contributed by atoms with Crippen molar-refractivity contribution in [3.05, 3.63) is 0 Å². The molecular formula is C9H20ClN3O2S. The van der Waals surface area contributed by atoms with E-state index in [0.29, 0.717) is 26.2 Å². The maximum atomic E-state index is 12.2. The Bertz CT molecular complexity index is 317. The zero-order valence-electron chi connectivity index (χ0n) is 9.55. The number of hydrogen-bond acceptors (Lipinski definition) is 3. The van der Waals surface area contributed by atoms with Gasteiger partial charge in [-0.1, -0.05) is 0 Å². The molecule has 2 aliphatic heterocycles. The Hall–Kier alpha value is 0.120. The van der Waals surface area contributed by atoms with Crippen molar-refractivity contribution in [3.8, 4) is 0 Å². The molecule has 7 heteroatoms. The topological polar surface area (TPSA) is 52.7 Å². The molecule has 0 amide bonds. The van der Waals surface area contributed by atoms with Crippen molar-refractivity contribution in [2.45, 2.75) is 25.8 Å². The van der Waals surface area contributed by atoms with Gasteiger partial charge in [0.15, 0.2) is 0 Å². The maximum absolute atomic E-state index is 12.2. The highest BCUT2D eigenvalue weighted by Gasteiger charge is 2.33. The van der Waals surface area contributed by atoms with Gasteiger partial charge < -0.3 is 5.32 Å². The van der Waals surface area contributed by atoms with Crippen molar-refractivity contribution >= 4 is 22.6 Å². The summed E-state index contributed by atoms with van der Waals surface area (Å²) in [5.41, 5.74) is 0. The van der Waals surface area contributed by atoms with Crippen molar-refractivity contribution in [3.63, 3.8) is 0 Å². The van der Waals surface area contributed by atoms with Crippen LogP contribution >= 0.6 is 12.4 Å². The number of nitrogens with zero attached hydrogens (tertiary/aromatic N) is 2. The highest BCUT2D eigenvalue weighted by Crippen LogP contribution is 2.17. The molecule has 2 rings (SSSR count). The van der Waals surface area contributed by atoms with Gasteiger partial charge in [-0.2, -0.15) is 17.0 Å². The lowest BCUT2D eigenvalue weighted by Crippen LogP contribution is -2.54. The van der Waals surface area contributed by atoms with E-state index < -0.39 is 10.2 Å². The number of hydrogen-bond donors (Lipinski definition) is 1. The first-order chi connectivity index (χ1) is 7.10. The molecular weight excluding hydrogens is 250 g/mol. The third-order valence-electron chi connectivity index (χ3n) is 3.05. The molecule has 1 atom stereocenters. The van der Waals surface area contributed by atoms with Gasteiger partial charge in [-0.15, -0.1) is 12.4 Å². The van der Waals surface area contributed by atoms with E-state index in [1.165, 1.54) is 0 Å². The van der Waals surface area contributed by atoms with Crippen molar-refractivity contribution in [1.82, 2.24) is 13.9 Å². The Morgan fingerprint density at radius 1 is 1.12 bits per heavy atom. The highest BCUT2D eigenvalue weighted by atomic mass is 35.5. The van der Waals surface area contributed by atoms with Crippen LogP contribution in [0.3, 0.4) is 0 Å². The quantitative estimate of drug-likeness (QED) is 0.770. The molecule has 5 nitrogen and oxygen atoms in total. The Morgan fingerprint density at radius 3 is 2.31 bits per heavy atom. The first kappa shape index (κ1) is 14.2. The van der Waals surface area contributed by atoms with Crippen molar-refractivity contribution in [2.75, 3.05) is 32.7 Å². The molecule has 2 fully saturated rings. The van der Waals surface area contributed by atoms with Crippen LogP contribution < -0.4 is 5.32 Å². The smallest absolute Gasteiger partial charge is 0.282 e. The second kappa shape index (κ2) is 5.64. The summed E-state index contributed by atoms with van der Waals surface area (Å²) in [6.45, 7) is 5.36. The second-order valence-electron chi connectivity index (χ2n) is 4.33. The molecule has 1 N–H and O–H groups in total. The standard InChI is InChI=1S/C9H19N3O2S.ClH/c1-9-8-12(7-4-10-9)15(13,14)11-5-2-3-6-11;/h9-10H,2-8H2,1H3;1H/t9-;/m0./s1. The first-order valence-electron chi connectivity index (χ1n) is 5.59. The van der Waals surface area contributed by atoms with Crippen LogP contribution in [0.15, 0.2) is 0 Å². The number of halogens is 1. The fourth-order valence-corrected chi connectivity index (χ4v) is 3.97. The van der Waals surface area contributed by atoms with E-state index in [1.54, 1.807) is 8.61 Å². The number of piperazine rings is 1. The van der Waals surface area contributed by atoms with Gasteiger partial charge in [0.1, 0.15) is 0 Å².